The average molecular weight is 375 g/mol. The van der Waals surface area contributed by atoms with Crippen LogP contribution in [0.15, 0.2) is 34.3 Å². The van der Waals surface area contributed by atoms with E-state index in [-0.39, 0.29) is 25.1 Å². The Labute approximate surface area is 138 Å². The average Bonchev–Trinajstić information content (AvgIpc) is 2.41. The van der Waals surface area contributed by atoms with Gasteiger partial charge in [-0.2, -0.15) is 4.73 Å². The van der Waals surface area contributed by atoms with E-state index >= 15 is 0 Å². The predicted octanol–water partition coefficient (Wildman–Crippen LogP) is 5.74. The number of rotatable bonds is 2. The zero-order valence-electron chi connectivity index (χ0n) is 8.96. The summed E-state index contributed by atoms with van der Waals surface area (Å²) in [5.41, 5.74) is 0. The lowest BCUT2D eigenvalue weighted by molar-refractivity contribution is -0.645. The van der Waals surface area contributed by atoms with Crippen LogP contribution in [0.4, 0.5) is 0 Å². The van der Waals surface area contributed by atoms with Crippen LogP contribution in [0.1, 0.15) is 0 Å². The molecule has 0 saturated heterocycles. The summed E-state index contributed by atoms with van der Waals surface area (Å²) in [6.45, 7) is 0. The second-order valence-electron chi connectivity index (χ2n) is 3.37. The lowest BCUT2D eigenvalue weighted by Crippen LogP contribution is -2.27. The van der Waals surface area contributed by atoms with Crippen LogP contribution in [0, 0.1) is 5.21 Å². The van der Waals surface area contributed by atoms with Crippen molar-refractivity contribution in [3.05, 3.63) is 54.7 Å². The number of halogens is 5. The summed E-state index contributed by atoms with van der Waals surface area (Å²) in [7, 11) is 0. The van der Waals surface area contributed by atoms with Crippen LogP contribution in [0.2, 0.25) is 25.1 Å². The Balaban J connectivity index is 2.56. The molecule has 0 unspecified atom stereocenters. The highest BCUT2D eigenvalue weighted by molar-refractivity contribution is 7.99. The van der Waals surface area contributed by atoms with Gasteiger partial charge in [-0.25, -0.2) is 0 Å². The van der Waals surface area contributed by atoms with Gasteiger partial charge in [-0.3, -0.25) is 0 Å². The Bertz CT molecular complexity index is 620. The van der Waals surface area contributed by atoms with E-state index in [4.69, 9.17) is 58.0 Å². The van der Waals surface area contributed by atoms with E-state index in [0.29, 0.717) is 14.7 Å². The highest BCUT2D eigenvalue weighted by atomic mass is 35.5. The molecule has 0 saturated carbocycles. The van der Waals surface area contributed by atoms with Gasteiger partial charge in [-0.1, -0.05) is 58.0 Å². The maximum absolute atomic E-state index is 11.6. The summed E-state index contributed by atoms with van der Waals surface area (Å²) < 4.78 is 0.688. The van der Waals surface area contributed by atoms with Gasteiger partial charge in [-0.05, 0) is 17.8 Å². The third kappa shape index (κ3) is 3.02. The van der Waals surface area contributed by atoms with Crippen LogP contribution < -0.4 is 4.73 Å². The number of nitrogens with zero attached hydrogens (tertiary/aromatic N) is 1. The molecule has 2 nitrogen and oxygen atoms in total. The van der Waals surface area contributed by atoms with Crippen molar-refractivity contribution in [2.24, 2.45) is 0 Å². The highest BCUT2D eigenvalue weighted by Gasteiger charge is 2.22. The molecule has 1 heterocycles. The van der Waals surface area contributed by atoms with E-state index < -0.39 is 0 Å². The van der Waals surface area contributed by atoms with E-state index in [1.165, 1.54) is 6.20 Å². The quantitative estimate of drug-likeness (QED) is 0.290. The monoisotopic (exact) mass is 373 g/mol. The summed E-state index contributed by atoms with van der Waals surface area (Å²) in [4.78, 5) is 0.388. The second kappa shape index (κ2) is 6.17. The molecule has 0 aliphatic heterocycles. The van der Waals surface area contributed by atoms with Crippen molar-refractivity contribution >= 4 is 69.8 Å². The van der Waals surface area contributed by atoms with Crippen LogP contribution in [0.5, 0.6) is 0 Å². The van der Waals surface area contributed by atoms with Gasteiger partial charge < -0.3 is 5.21 Å². The molecule has 0 spiro atoms. The number of hydrogen-bond acceptors (Lipinski definition) is 2. The predicted molar refractivity (Wildman–Crippen MR) is 81.0 cm³/mol. The SMILES string of the molecule is [O-][n+]1ccccc1Sc1c(Cl)c(Cl)c(Cl)c(Cl)c1Cl. The van der Waals surface area contributed by atoms with E-state index in [0.717, 1.165) is 11.8 Å². The fraction of sp³-hybridized carbons (Fsp3) is 0. The Hall–Kier alpha value is -0.0300. The van der Waals surface area contributed by atoms with Gasteiger partial charge in [0.15, 0.2) is 6.20 Å². The van der Waals surface area contributed by atoms with E-state index in [1.807, 2.05) is 0 Å². The van der Waals surface area contributed by atoms with Crippen LogP contribution in [-0.2, 0) is 0 Å². The van der Waals surface area contributed by atoms with Gasteiger partial charge in [0.1, 0.15) is 0 Å². The molecule has 0 amide bonds. The number of hydrogen-bond donors (Lipinski definition) is 0. The minimum Gasteiger partial charge on any atom is -0.618 e. The Morgan fingerprint density at radius 3 is 1.89 bits per heavy atom. The fourth-order valence-electron chi connectivity index (χ4n) is 1.27. The Kier molecular flexibility index (Phi) is 4.99. The van der Waals surface area contributed by atoms with E-state index in [2.05, 4.69) is 0 Å². The molecule has 2 aromatic rings. The number of aromatic nitrogens is 1. The van der Waals surface area contributed by atoms with Crippen LogP contribution >= 0.6 is 69.8 Å². The van der Waals surface area contributed by atoms with Gasteiger partial charge >= 0.3 is 0 Å². The Morgan fingerprint density at radius 1 is 0.842 bits per heavy atom. The molecule has 1 aromatic carbocycles. The molecule has 1 aromatic heterocycles. The van der Waals surface area contributed by atoms with Gasteiger partial charge in [0, 0.05) is 12.1 Å². The van der Waals surface area contributed by atoms with Gasteiger partial charge in [-0.15, -0.1) is 0 Å². The standard InChI is InChI=1S/C11H4Cl5NOS/c12-6-7(13)9(15)11(10(16)8(6)14)19-5-3-1-2-4-17(5)18/h1-4H. The van der Waals surface area contributed by atoms with Crippen molar-refractivity contribution in [1.82, 2.24) is 0 Å². The van der Waals surface area contributed by atoms with Gasteiger partial charge in [0.2, 0.25) is 0 Å². The lowest BCUT2D eigenvalue weighted by Gasteiger charge is -2.11. The summed E-state index contributed by atoms with van der Waals surface area (Å²) >= 11 is 31.0. The molecular weight excluding hydrogens is 371 g/mol. The first kappa shape index (κ1) is 15.4. The molecule has 0 radical (unpaired) electrons. The van der Waals surface area contributed by atoms with Crippen molar-refractivity contribution in [1.29, 1.82) is 0 Å². The molecule has 0 aliphatic carbocycles. The van der Waals surface area contributed by atoms with Crippen molar-refractivity contribution < 1.29 is 4.73 Å². The molecule has 0 bridgehead atoms. The Morgan fingerprint density at radius 2 is 1.37 bits per heavy atom. The first-order chi connectivity index (χ1) is 8.93. The molecule has 100 valence electrons. The van der Waals surface area contributed by atoms with E-state index in [9.17, 15) is 5.21 Å². The van der Waals surface area contributed by atoms with Crippen LogP contribution in [0.25, 0.3) is 0 Å². The maximum Gasteiger partial charge on any atom is 0.256 e. The molecule has 19 heavy (non-hydrogen) atoms. The molecular formula is C11H4Cl5NOS. The second-order valence-corrected chi connectivity index (χ2v) is 6.29. The molecule has 2 rings (SSSR count). The van der Waals surface area contributed by atoms with E-state index in [1.54, 1.807) is 18.2 Å². The number of pyridine rings is 1. The lowest BCUT2D eigenvalue weighted by atomic mass is 10.3. The third-order valence-corrected chi connectivity index (χ3v) is 5.80. The normalized spacial score (nSPS) is 10.8. The first-order valence-electron chi connectivity index (χ1n) is 4.81. The smallest absolute Gasteiger partial charge is 0.256 e. The van der Waals surface area contributed by atoms with Crippen LogP contribution in [-0.4, -0.2) is 0 Å². The van der Waals surface area contributed by atoms with Crippen LogP contribution in [0.3, 0.4) is 0 Å². The summed E-state index contributed by atoms with van der Waals surface area (Å²) in [6, 6.07) is 4.96. The minimum absolute atomic E-state index is 0.0887. The van der Waals surface area contributed by atoms with Crippen molar-refractivity contribution in [3.8, 4) is 0 Å². The fourth-order valence-corrected chi connectivity index (χ4v) is 3.64. The molecule has 0 atom stereocenters. The third-order valence-electron chi connectivity index (χ3n) is 2.16. The highest BCUT2D eigenvalue weighted by Crippen LogP contribution is 2.48. The van der Waals surface area contributed by atoms with Crippen molar-refractivity contribution in [2.75, 3.05) is 0 Å². The maximum atomic E-state index is 11.6. The topological polar surface area (TPSA) is 26.9 Å². The van der Waals surface area contributed by atoms with Crippen molar-refractivity contribution in [3.63, 3.8) is 0 Å². The minimum atomic E-state index is 0.0887. The zero-order chi connectivity index (χ0) is 14.2. The van der Waals surface area contributed by atoms with Crippen molar-refractivity contribution in [2.45, 2.75) is 9.92 Å². The molecule has 0 N–H and O–H groups in total. The molecule has 8 heteroatoms. The summed E-state index contributed by atoms with van der Waals surface area (Å²) in [6.07, 6.45) is 1.36. The zero-order valence-corrected chi connectivity index (χ0v) is 13.6. The first-order valence-corrected chi connectivity index (χ1v) is 7.51. The molecule has 0 aliphatic rings. The van der Waals surface area contributed by atoms with Gasteiger partial charge in [0.25, 0.3) is 5.03 Å². The number of benzene rings is 1. The largest absolute Gasteiger partial charge is 0.618 e. The summed E-state index contributed by atoms with van der Waals surface area (Å²) in [5.74, 6) is 0. The summed E-state index contributed by atoms with van der Waals surface area (Å²) in [5, 5.41) is 12.6. The van der Waals surface area contributed by atoms with Gasteiger partial charge in [0.05, 0.1) is 30.0 Å². The molecule has 0 fully saturated rings.